The zero-order valence-electron chi connectivity index (χ0n) is 15.8. The number of ether oxygens (including phenoxy) is 1. The Bertz CT molecular complexity index is 735. The maximum Gasteiger partial charge on any atom is 0.319 e. The van der Waals surface area contributed by atoms with Gasteiger partial charge < -0.3 is 26.2 Å². The fourth-order valence-electron chi connectivity index (χ4n) is 2.70. The van der Waals surface area contributed by atoms with Crippen LogP contribution in [0.4, 0.5) is 10.5 Å². The highest BCUT2D eigenvalue weighted by atomic mass is 16.5. The van der Waals surface area contributed by atoms with Gasteiger partial charge >= 0.3 is 12.0 Å². The average Bonchev–Trinajstić information content (AvgIpc) is 2.68. The van der Waals surface area contributed by atoms with Crippen molar-refractivity contribution in [1.29, 1.82) is 0 Å². The van der Waals surface area contributed by atoms with Gasteiger partial charge in [0.15, 0.2) is 0 Å². The molecular formula is C21H27N3O4. The molecule has 0 saturated heterocycles. The van der Waals surface area contributed by atoms with Crippen LogP contribution in [0, 0.1) is 0 Å². The number of nitrogens with one attached hydrogen (secondary N) is 2. The second-order valence-corrected chi connectivity index (χ2v) is 6.48. The van der Waals surface area contributed by atoms with E-state index in [0.29, 0.717) is 31.0 Å². The third kappa shape index (κ3) is 8.09. The Morgan fingerprint density at radius 3 is 2.39 bits per heavy atom. The standard InChI is InChI=1S/C21H27N3O4/c22-13-5-4-8-18(14-20(25)26)24-21(27)23-17-9-11-19(12-10-17)28-15-16-6-2-1-3-7-16/h1-3,6-7,9-12,18H,4-5,8,13-15,22H2,(H,25,26)(H2,23,24,27). The van der Waals surface area contributed by atoms with Crippen molar-refractivity contribution in [3.05, 3.63) is 60.2 Å². The van der Waals surface area contributed by atoms with Crippen molar-refractivity contribution in [3.8, 4) is 5.75 Å². The van der Waals surface area contributed by atoms with Gasteiger partial charge in [-0.2, -0.15) is 0 Å². The summed E-state index contributed by atoms with van der Waals surface area (Å²) in [4.78, 5) is 23.1. The van der Waals surface area contributed by atoms with Gasteiger partial charge in [0.1, 0.15) is 12.4 Å². The summed E-state index contributed by atoms with van der Waals surface area (Å²) in [6.45, 7) is 1.01. The number of urea groups is 1. The van der Waals surface area contributed by atoms with Crippen molar-refractivity contribution in [2.45, 2.75) is 38.3 Å². The van der Waals surface area contributed by atoms with Crippen LogP contribution in [0.1, 0.15) is 31.2 Å². The number of rotatable bonds is 11. The molecule has 0 fully saturated rings. The van der Waals surface area contributed by atoms with Crippen molar-refractivity contribution in [3.63, 3.8) is 0 Å². The topological polar surface area (TPSA) is 114 Å². The quantitative estimate of drug-likeness (QED) is 0.443. The predicted molar refractivity (Wildman–Crippen MR) is 108 cm³/mol. The van der Waals surface area contributed by atoms with E-state index in [4.69, 9.17) is 15.6 Å². The number of nitrogens with two attached hydrogens (primary N) is 1. The molecule has 5 N–H and O–H groups in total. The number of unbranched alkanes of at least 4 members (excludes halogenated alkanes) is 1. The van der Waals surface area contributed by atoms with Crippen molar-refractivity contribution in [1.82, 2.24) is 5.32 Å². The molecule has 2 aromatic rings. The second-order valence-electron chi connectivity index (χ2n) is 6.48. The van der Waals surface area contributed by atoms with Crippen molar-refractivity contribution < 1.29 is 19.4 Å². The van der Waals surface area contributed by atoms with Crippen LogP contribution >= 0.6 is 0 Å². The van der Waals surface area contributed by atoms with E-state index in [1.165, 1.54) is 0 Å². The van der Waals surface area contributed by atoms with Gasteiger partial charge in [-0.05, 0) is 49.2 Å². The summed E-state index contributed by atoms with van der Waals surface area (Å²) in [6.07, 6.45) is 2.01. The number of carboxylic acid groups (broad SMARTS) is 1. The van der Waals surface area contributed by atoms with Crippen LogP contribution in [0.3, 0.4) is 0 Å². The van der Waals surface area contributed by atoms with Gasteiger partial charge in [0.2, 0.25) is 0 Å². The van der Waals surface area contributed by atoms with Gasteiger partial charge in [0.05, 0.1) is 6.42 Å². The number of anilines is 1. The molecule has 0 bridgehead atoms. The van der Waals surface area contributed by atoms with E-state index >= 15 is 0 Å². The van der Waals surface area contributed by atoms with E-state index in [2.05, 4.69) is 10.6 Å². The number of carbonyl (C=O) groups excluding carboxylic acids is 1. The number of carboxylic acids is 1. The Kier molecular flexibility index (Phi) is 8.81. The van der Waals surface area contributed by atoms with Crippen molar-refractivity contribution >= 4 is 17.7 Å². The molecule has 0 spiro atoms. The lowest BCUT2D eigenvalue weighted by Crippen LogP contribution is -2.39. The summed E-state index contributed by atoms with van der Waals surface area (Å²) in [7, 11) is 0. The minimum atomic E-state index is -0.946. The first kappa shape index (κ1) is 21.2. The normalized spacial score (nSPS) is 11.5. The van der Waals surface area contributed by atoms with Crippen LogP contribution in [0.2, 0.25) is 0 Å². The van der Waals surface area contributed by atoms with Crippen LogP contribution in [-0.2, 0) is 11.4 Å². The summed E-state index contributed by atoms with van der Waals surface area (Å²) >= 11 is 0. The molecule has 2 rings (SSSR count). The van der Waals surface area contributed by atoms with Crippen molar-refractivity contribution in [2.75, 3.05) is 11.9 Å². The van der Waals surface area contributed by atoms with Crippen LogP contribution in [0.15, 0.2) is 54.6 Å². The zero-order valence-corrected chi connectivity index (χ0v) is 15.8. The maximum absolute atomic E-state index is 12.2. The van der Waals surface area contributed by atoms with Gasteiger partial charge in [-0.25, -0.2) is 4.79 Å². The largest absolute Gasteiger partial charge is 0.489 e. The van der Waals surface area contributed by atoms with Crippen LogP contribution in [0.25, 0.3) is 0 Å². The number of aliphatic carboxylic acids is 1. The Morgan fingerprint density at radius 2 is 1.75 bits per heavy atom. The summed E-state index contributed by atoms with van der Waals surface area (Å²) in [5, 5.41) is 14.4. The molecule has 2 aromatic carbocycles. The summed E-state index contributed by atoms with van der Waals surface area (Å²) in [5.74, 6) is -0.252. The van der Waals surface area contributed by atoms with E-state index in [0.717, 1.165) is 18.4 Å². The molecule has 0 heterocycles. The summed E-state index contributed by atoms with van der Waals surface area (Å²) in [5.41, 5.74) is 7.13. The minimum absolute atomic E-state index is 0.121. The Labute approximate surface area is 164 Å². The van der Waals surface area contributed by atoms with Gasteiger partial charge in [-0.1, -0.05) is 36.8 Å². The monoisotopic (exact) mass is 385 g/mol. The highest BCUT2D eigenvalue weighted by Gasteiger charge is 2.15. The van der Waals surface area contributed by atoms with Crippen LogP contribution < -0.4 is 21.1 Å². The maximum atomic E-state index is 12.2. The lowest BCUT2D eigenvalue weighted by Gasteiger charge is -2.17. The average molecular weight is 385 g/mol. The van der Waals surface area contributed by atoms with E-state index < -0.39 is 18.0 Å². The molecule has 1 unspecified atom stereocenters. The van der Waals surface area contributed by atoms with Gasteiger partial charge in [0, 0.05) is 11.7 Å². The predicted octanol–water partition coefficient (Wildman–Crippen LogP) is 3.36. The number of hydrogen-bond donors (Lipinski definition) is 4. The molecule has 2 amide bonds. The molecule has 0 aromatic heterocycles. The molecule has 0 aliphatic rings. The fraction of sp³-hybridized carbons (Fsp3) is 0.333. The summed E-state index contributed by atoms with van der Waals surface area (Å²) in [6, 6.07) is 16.0. The Hall–Kier alpha value is -3.06. The Balaban J connectivity index is 1.82. The van der Waals surface area contributed by atoms with E-state index in [-0.39, 0.29) is 6.42 Å². The lowest BCUT2D eigenvalue weighted by molar-refractivity contribution is -0.137. The molecule has 7 heteroatoms. The van der Waals surface area contributed by atoms with E-state index in [1.54, 1.807) is 24.3 Å². The molecule has 1 atom stereocenters. The van der Waals surface area contributed by atoms with Crippen LogP contribution in [0.5, 0.6) is 5.75 Å². The highest BCUT2D eigenvalue weighted by Crippen LogP contribution is 2.17. The molecule has 0 aliphatic heterocycles. The molecule has 0 aliphatic carbocycles. The van der Waals surface area contributed by atoms with Gasteiger partial charge in [0.25, 0.3) is 0 Å². The highest BCUT2D eigenvalue weighted by molar-refractivity contribution is 5.89. The first-order valence-electron chi connectivity index (χ1n) is 9.33. The lowest BCUT2D eigenvalue weighted by atomic mass is 10.1. The number of benzene rings is 2. The Morgan fingerprint density at radius 1 is 1.04 bits per heavy atom. The summed E-state index contributed by atoms with van der Waals surface area (Å²) < 4.78 is 5.71. The second kappa shape index (κ2) is 11.6. The third-order valence-electron chi connectivity index (χ3n) is 4.12. The molecule has 7 nitrogen and oxygen atoms in total. The van der Waals surface area contributed by atoms with Crippen LogP contribution in [-0.4, -0.2) is 29.7 Å². The third-order valence-corrected chi connectivity index (χ3v) is 4.12. The van der Waals surface area contributed by atoms with E-state index in [1.807, 2.05) is 30.3 Å². The first-order chi connectivity index (χ1) is 13.6. The molecule has 150 valence electrons. The fourth-order valence-corrected chi connectivity index (χ4v) is 2.70. The molecule has 0 radical (unpaired) electrons. The smallest absolute Gasteiger partial charge is 0.319 e. The number of hydrogen-bond acceptors (Lipinski definition) is 4. The van der Waals surface area contributed by atoms with E-state index in [9.17, 15) is 9.59 Å². The number of carbonyl (C=O) groups is 2. The van der Waals surface area contributed by atoms with Gasteiger partial charge in [-0.3, -0.25) is 4.79 Å². The van der Waals surface area contributed by atoms with Gasteiger partial charge in [-0.15, -0.1) is 0 Å². The zero-order chi connectivity index (χ0) is 20.2. The molecule has 0 saturated carbocycles. The molecule has 28 heavy (non-hydrogen) atoms. The first-order valence-corrected chi connectivity index (χ1v) is 9.33. The SMILES string of the molecule is NCCCCC(CC(=O)O)NC(=O)Nc1ccc(OCc2ccccc2)cc1. The minimum Gasteiger partial charge on any atom is -0.489 e. The van der Waals surface area contributed by atoms with Crippen molar-refractivity contribution in [2.24, 2.45) is 5.73 Å². The number of amides is 2. The molecular weight excluding hydrogens is 358 g/mol.